The fraction of sp³-hybridized carbons (Fsp3) is 0.375. The number of aromatic amines is 1. The number of hydrogen-bond acceptors (Lipinski definition) is 6. The Morgan fingerprint density at radius 1 is 1.54 bits per heavy atom. The number of aliphatic hydroxyl groups excluding tert-OH is 1. The van der Waals surface area contributed by atoms with E-state index >= 15 is 0 Å². The minimum absolute atomic E-state index is 0.237. The second kappa shape index (κ2) is 7.77. The Morgan fingerprint density at radius 3 is 3.08 bits per heavy atom. The molecule has 0 amide bonds. The number of hydrogen-bond donors (Lipinski definition) is 4. The van der Waals surface area contributed by atoms with Crippen LogP contribution in [0.5, 0.6) is 0 Å². The smallest absolute Gasteiger partial charge is 0.330 e. The summed E-state index contributed by atoms with van der Waals surface area (Å²) in [6.45, 7) is 1.86. The number of H-pyrrole nitrogens is 1. The second-order valence-corrected chi connectivity index (χ2v) is 6.40. The second-order valence-electron chi connectivity index (χ2n) is 5.99. The van der Waals surface area contributed by atoms with E-state index in [1.807, 2.05) is 6.07 Å². The maximum Gasteiger partial charge on any atom is 0.330 e. The number of thiocarbonyl (C=S) groups is 1. The number of aliphatic hydroxyl groups is 1. The number of nitrogens with zero attached hydrogens (tertiary/aromatic N) is 2. The van der Waals surface area contributed by atoms with Crippen LogP contribution in [0.4, 0.5) is 5.69 Å². The van der Waals surface area contributed by atoms with Crippen LogP contribution in [0.25, 0.3) is 0 Å². The zero-order valence-corrected chi connectivity index (χ0v) is 14.8. The molecule has 0 spiro atoms. The fourth-order valence-electron chi connectivity index (χ4n) is 2.67. The van der Waals surface area contributed by atoms with Gasteiger partial charge in [-0.3, -0.25) is 19.3 Å². The molecule has 3 heterocycles. The van der Waals surface area contributed by atoms with Gasteiger partial charge < -0.3 is 20.5 Å². The molecule has 1 aliphatic rings. The standard InChI is InChI=1S/C16H19N5O4S/c1-9-8-21(16(24)20-14(9)23)13-5-11(22)12(25-13)7-18-15(26)19-10-3-2-4-17-6-10/h2-4,6,8,11-13,22H,5,7H2,1H3,(H2,18,19,26)(H,20,23,24)/t11-,12+,13-/m0/s1. The number of nitrogens with one attached hydrogen (secondary N) is 3. The quantitative estimate of drug-likeness (QED) is 0.544. The molecule has 26 heavy (non-hydrogen) atoms. The van der Waals surface area contributed by atoms with Crippen molar-refractivity contribution in [2.75, 3.05) is 11.9 Å². The Labute approximate surface area is 154 Å². The van der Waals surface area contributed by atoms with Crippen molar-refractivity contribution in [1.82, 2.24) is 19.9 Å². The molecular formula is C16H19N5O4S. The van der Waals surface area contributed by atoms with Crippen LogP contribution in [0.3, 0.4) is 0 Å². The van der Waals surface area contributed by atoms with Gasteiger partial charge in [0.15, 0.2) is 5.11 Å². The van der Waals surface area contributed by atoms with Crippen LogP contribution in [0, 0.1) is 6.92 Å². The Hall–Kier alpha value is -2.56. The average Bonchev–Trinajstić information content (AvgIpc) is 2.98. The van der Waals surface area contributed by atoms with Crippen molar-refractivity contribution in [2.24, 2.45) is 0 Å². The zero-order chi connectivity index (χ0) is 18.7. The lowest BCUT2D eigenvalue weighted by atomic mass is 10.2. The van der Waals surface area contributed by atoms with Crippen LogP contribution >= 0.6 is 12.2 Å². The van der Waals surface area contributed by atoms with Crippen molar-refractivity contribution < 1.29 is 9.84 Å². The van der Waals surface area contributed by atoms with Crippen molar-refractivity contribution >= 4 is 23.0 Å². The van der Waals surface area contributed by atoms with Gasteiger partial charge >= 0.3 is 5.69 Å². The SMILES string of the molecule is Cc1cn([C@@H]2C[C@H](O)[C@@H](CNC(=S)Nc3cccnc3)O2)c(=O)[nH]c1=O. The fourth-order valence-corrected chi connectivity index (χ4v) is 2.88. The van der Waals surface area contributed by atoms with Gasteiger partial charge in [0.05, 0.1) is 18.0 Å². The highest BCUT2D eigenvalue weighted by Crippen LogP contribution is 2.27. The highest BCUT2D eigenvalue weighted by Gasteiger charge is 2.35. The molecule has 10 heteroatoms. The van der Waals surface area contributed by atoms with E-state index in [0.717, 1.165) is 5.69 Å². The zero-order valence-electron chi connectivity index (χ0n) is 14.0. The monoisotopic (exact) mass is 377 g/mol. The number of ether oxygens (including phenoxy) is 1. The van der Waals surface area contributed by atoms with Crippen LogP contribution in [0.2, 0.25) is 0 Å². The van der Waals surface area contributed by atoms with Gasteiger partial charge in [-0.25, -0.2) is 4.79 Å². The first kappa shape index (κ1) is 18.2. The lowest BCUT2D eigenvalue weighted by Gasteiger charge is -2.18. The first-order chi connectivity index (χ1) is 12.4. The molecule has 1 aliphatic heterocycles. The van der Waals surface area contributed by atoms with Gasteiger partial charge in [-0.1, -0.05) is 0 Å². The summed E-state index contributed by atoms with van der Waals surface area (Å²) in [6, 6.07) is 3.60. The van der Waals surface area contributed by atoms with Gasteiger partial charge in [-0.05, 0) is 31.3 Å². The third-order valence-corrected chi connectivity index (χ3v) is 4.29. The van der Waals surface area contributed by atoms with Crippen molar-refractivity contribution in [3.63, 3.8) is 0 Å². The first-order valence-corrected chi connectivity index (χ1v) is 8.45. The molecule has 3 atom stereocenters. The van der Waals surface area contributed by atoms with Crippen LogP contribution in [-0.4, -0.2) is 43.5 Å². The summed E-state index contributed by atoms with van der Waals surface area (Å²) in [6.07, 6.45) is 2.99. The Morgan fingerprint density at radius 2 is 2.35 bits per heavy atom. The Bertz CT molecular complexity index is 898. The molecule has 0 aromatic carbocycles. The predicted molar refractivity (Wildman–Crippen MR) is 99.1 cm³/mol. The number of aryl methyl sites for hydroxylation is 1. The summed E-state index contributed by atoms with van der Waals surface area (Å²) in [4.78, 5) is 29.6. The largest absolute Gasteiger partial charge is 0.390 e. The van der Waals surface area contributed by atoms with Crippen molar-refractivity contribution in [3.05, 3.63) is 57.1 Å². The molecular weight excluding hydrogens is 358 g/mol. The molecule has 0 aliphatic carbocycles. The molecule has 2 aromatic heterocycles. The molecule has 0 radical (unpaired) electrons. The summed E-state index contributed by atoms with van der Waals surface area (Å²) in [5.41, 5.74) is 0.132. The van der Waals surface area contributed by atoms with E-state index in [1.165, 1.54) is 10.8 Å². The van der Waals surface area contributed by atoms with Crippen LogP contribution in [-0.2, 0) is 4.74 Å². The van der Waals surface area contributed by atoms with Gasteiger partial charge in [0, 0.05) is 30.9 Å². The maximum absolute atomic E-state index is 12.0. The minimum Gasteiger partial charge on any atom is -0.390 e. The maximum atomic E-state index is 12.0. The van der Waals surface area contributed by atoms with Gasteiger partial charge in [0.1, 0.15) is 12.3 Å². The van der Waals surface area contributed by atoms with E-state index in [0.29, 0.717) is 10.7 Å². The predicted octanol–water partition coefficient (Wildman–Crippen LogP) is -0.125. The number of aromatic nitrogens is 3. The summed E-state index contributed by atoms with van der Waals surface area (Å²) in [5, 5.41) is 16.5. The van der Waals surface area contributed by atoms with E-state index in [1.54, 1.807) is 25.4 Å². The molecule has 0 unspecified atom stereocenters. The van der Waals surface area contributed by atoms with E-state index in [9.17, 15) is 14.7 Å². The van der Waals surface area contributed by atoms with Gasteiger partial charge in [0.25, 0.3) is 5.56 Å². The third-order valence-electron chi connectivity index (χ3n) is 4.04. The van der Waals surface area contributed by atoms with Crippen molar-refractivity contribution in [1.29, 1.82) is 0 Å². The summed E-state index contributed by atoms with van der Waals surface area (Å²) in [7, 11) is 0. The molecule has 0 saturated carbocycles. The lowest BCUT2D eigenvalue weighted by molar-refractivity contribution is -0.0172. The summed E-state index contributed by atoms with van der Waals surface area (Å²) >= 11 is 5.20. The minimum atomic E-state index is -0.771. The van der Waals surface area contributed by atoms with Gasteiger partial charge in [0.2, 0.25) is 0 Å². The van der Waals surface area contributed by atoms with Crippen molar-refractivity contribution in [3.8, 4) is 0 Å². The van der Waals surface area contributed by atoms with E-state index in [2.05, 4.69) is 20.6 Å². The lowest BCUT2D eigenvalue weighted by Crippen LogP contribution is -2.39. The Kier molecular flexibility index (Phi) is 5.45. The third kappa shape index (κ3) is 4.15. The summed E-state index contributed by atoms with van der Waals surface area (Å²) < 4.78 is 7.05. The van der Waals surface area contributed by atoms with Crippen LogP contribution < -0.4 is 21.9 Å². The van der Waals surface area contributed by atoms with Gasteiger partial charge in [-0.15, -0.1) is 0 Å². The van der Waals surface area contributed by atoms with E-state index in [-0.39, 0.29) is 13.0 Å². The molecule has 0 bridgehead atoms. The number of pyridine rings is 1. The van der Waals surface area contributed by atoms with E-state index < -0.39 is 29.7 Å². The van der Waals surface area contributed by atoms with Crippen molar-refractivity contribution in [2.45, 2.75) is 31.8 Å². The van der Waals surface area contributed by atoms with Gasteiger partial charge in [-0.2, -0.15) is 0 Å². The molecule has 9 nitrogen and oxygen atoms in total. The number of rotatable bonds is 4. The van der Waals surface area contributed by atoms with Crippen LogP contribution in [0.15, 0.2) is 40.3 Å². The first-order valence-electron chi connectivity index (χ1n) is 8.04. The molecule has 1 saturated heterocycles. The van der Waals surface area contributed by atoms with Crippen LogP contribution in [0.1, 0.15) is 18.2 Å². The molecule has 4 N–H and O–H groups in total. The molecule has 138 valence electrons. The topological polar surface area (TPSA) is 121 Å². The molecule has 3 rings (SSSR count). The Balaban J connectivity index is 1.59. The van der Waals surface area contributed by atoms with E-state index in [4.69, 9.17) is 17.0 Å². The molecule has 2 aromatic rings. The summed E-state index contributed by atoms with van der Waals surface area (Å²) in [5.74, 6) is 0. The number of anilines is 1. The normalized spacial score (nSPS) is 22.2. The molecule has 1 fully saturated rings. The highest BCUT2D eigenvalue weighted by molar-refractivity contribution is 7.80. The average molecular weight is 377 g/mol. The highest BCUT2D eigenvalue weighted by atomic mass is 32.1.